The van der Waals surface area contributed by atoms with Crippen LogP contribution in [0.25, 0.3) is 0 Å². The van der Waals surface area contributed by atoms with Crippen molar-refractivity contribution in [2.24, 2.45) is 0 Å². The predicted octanol–water partition coefficient (Wildman–Crippen LogP) is 2.42. The number of allylic oxidation sites excluding steroid dienone is 2. The Balaban J connectivity index is 2.36. The number of hydrogen-bond donors (Lipinski definition) is 1. The Morgan fingerprint density at radius 2 is 2.55 bits per heavy atom. The van der Waals surface area contributed by atoms with Gasteiger partial charge in [0.2, 0.25) is 0 Å². The third kappa shape index (κ3) is 2.51. The maximum Gasteiger partial charge on any atom is 0.0789 e. The average molecular weight is 152 g/mol. The summed E-state index contributed by atoms with van der Waals surface area (Å²) in [5.41, 5.74) is 1.11. The van der Waals surface area contributed by atoms with Gasteiger partial charge >= 0.3 is 0 Å². The Hall–Kier alpha value is -0.560. The van der Waals surface area contributed by atoms with Crippen LogP contribution in [0, 0.1) is 0 Å². The van der Waals surface area contributed by atoms with Crippen molar-refractivity contribution in [1.82, 2.24) is 0 Å². The quantitative estimate of drug-likeness (QED) is 0.658. The Labute approximate surface area is 68.4 Å². The third-order valence-corrected chi connectivity index (χ3v) is 1.97. The molecule has 0 aromatic rings. The van der Waals surface area contributed by atoms with Crippen LogP contribution < -0.4 is 0 Å². The lowest BCUT2D eigenvalue weighted by molar-refractivity contribution is 0.215. The first-order chi connectivity index (χ1) is 5.34. The summed E-state index contributed by atoms with van der Waals surface area (Å²) in [4.78, 5) is 0. The van der Waals surface area contributed by atoms with Crippen LogP contribution in [0.2, 0.25) is 0 Å². The summed E-state index contributed by atoms with van der Waals surface area (Å²) in [6.07, 6.45) is 10.4. The molecular formula is C10H16O. The Kier molecular flexibility index (Phi) is 3.37. The van der Waals surface area contributed by atoms with Crippen LogP contribution in [0.3, 0.4) is 0 Å². The summed E-state index contributed by atoms with van der Waals surface area (Å²) in [5, 5.41) is 9.37. The highest BCUT2D eigenvalue weighted by Gasteiger charge is 2.12. The lowest BCUT2D eigenvalue weighted by atomic mass is 10.1. The fourth-order valence-electron chi connectivity index (χ4n) is 1.28. The molecule has 1 aliphatic rings. The van der Waals surface area contributed by atoms with E-state index in [1.54, 1.807) is 0 Å². The largest absolute Gasteiger partial charge is 0.388 e. The van der Waals surface area contributed by atoms with Crippen molar-refractivity contribution in [3.8, 4) is 0 Å². The number of aliphatic hydroxyl groups is 1. The maximum atomic E-state index is 9.37. The van der Waals surface area contributed by atoms with Gasteiger partial charge in [0, 0.05) is 0 Å². The average Bonchev–Trinajstić information content (AvgIpc) is 2.37. The number of hydrogen-bond acceptors (Lipinski definition) is 1. The second-order valence-corrected chi connectivity index (χ2v) is 2.99. The smallest absolute Gasteiger partial charge is 0.0789 e. The first-order valence-electron chi connectivity index (χ1n) is 4.39. The number of aliphatic hydroxyl groups excluding tert-OH is 1. The highest BCUT2D eigenvalue weighted by molar-refractivity contribution is 5.26. The Morgan fingerprint density at radius 3 is 3.09 bits per heavy atom. The van der Waals surface area contributed by atoms with E-state index in [1.807, 2.05) is 0 Å². The first-order valence-corrected chi connectivity index (χ1v) is 4.39. The normalized spacial score (nSPS) is 24.5. The van der Waals surface area contributed by atoms with Gasteiger partial charge in [-0.1, -0.05) is 31.6 Å². The third-order valence-electron chi connectivity index (χ3n) is 1.97. The molecule has 0 radical (unpaired) electrons. The summed E-state index contributed by atoms with van der Waals surface area (Å²) in [7, 11) is 0. The van der Waals surface area contributed by atoms with Gasteiger partial charge in [0.15, 0.2) is 0 Å². The van der Waals surface area contributed by atoms with E-state index < -0.39 is 0 Å². The molecule has 0 saturated heterocycles. The fraction of sp³-hybridized carbons (Fsp3) is 0.600. The van der Waals surface area contributed by atoms with E-state index in [9.17, 15) is 5.11 Å². The van der Waals surface area contributed by atoms with Crippen LogP contribution >= 0.6 is 0 Å². The molecule has 0 fully saturated rings. The minimum Gasteiger partial charge on any atom is -0.388 e. The molecule has 0 aromatic carbocycles. The summed E-state index contributed by atoms with van der Waals surface area (Å²) >= 11 is 0. The lowest BCUT2D eigenvalue weighted by Crippen LogP contribution is -2.01. The van der Waals surface area contributed by atoms with Crippen LogP contribution in [-0.4, -0.2) is 11.2 Å². The molecule has 0 saturated carbocycles. The van der Waals surface area contributed by atoms with E-state index in [0.29, 0.717) is 0 Å². The zero-order valence-electron chi connectivity index (χ0n) is 7.09. The molecule has 11 heavy (non-hydrogen) atoms. The SMILES string of the molecule is CCC/C=C\C1=CCCC1O. The van der Waals surface area contributed by atoms with Crippen LogP contribution in [0.15, 0.2) is 23.8 Å². The van der Waals surface area contributed by atoms with E-state index in [2.05, 4.69) is 25.2 Å². The summed E-state index contributed by atoms with van der Waals surface area (Å²) in [5.74, 6) is 0. The van der Waals surface area contributed by atoms with E-state index in [4.69, 9.17) is 0 Å². The van der Waals surface area contributed by atoms with Crippen LogP contribution in [0.4, 0.5) is 0 Å². The fourth-order valence-corrected chi connectivity index (χ4v) is 1.28. The molecule has 1 atom stereocenters. The van der Waals surface area contributed by atoms with Crippen molar-refractivity contribution in [1.29, 1.82) is 0 Å². The minimum atomic E-state index is -0.192. The monoisotopic (exact) mass is 152 g/mol. The molecule has 1 nitrogen and oxygen atoms in total. The van der Waals surface area contributed by atoms with Gasteiger partial charge in [0.1, 0.15) is 0 Å². The zero-order chi connectivity index (χ0) is 8.10. The van der Waals surface area contributed by atoms with E-state index in [0.717, 1.165) is 24.8 Å². The molecule has 0 bridgehead atoms. The van der Waals surface area contributed by atoms with Crippen molar-refractivity contribution < 1.29 is 5.11 Å². The lowest BCUT2D eigenvalue weighted by Gasteiger charge is -2.01. The molecule has 1 heteroatoms. The van der Waals surface area contributed by atoms with Gasteiger partial charge in [-0.3, -0.25) is 0 Å². The van der Waals surface area contributed by atoms with Gasteiger partial charge in [-0.05, 0) is 24.8 Å². The molecule has 1 unspecified atom stereocenters. The standard InChI is InChI=1S/C10H16O/c1-2-3-4-6-9-7-5-8-10(9)11/h4,6-7,10-11H,2-3,5,8H2,1H3/b6-4-. The molecule has 1 rings (SSSR count). The van der Waals surface area contributed by atoms with Crippen molar-refractivity contribution >= 4 is 0 Å². The van der Waals surface area contributed by atoms with E-state index >= 15 is 0 Å². The predicted molar refractivity (Wildman–Crippen MR) is 47.4 cm³/mol. The summed E-state index contributed by atoms with van der Waals surface area (Å²) in [6, 6.07) is 0. The molecule has 1 aliphatic carbocycles. The molecule has 1 N–H and O–H groups in total. The first kappa shape index (κ1) is 8.54. The van der Waals surface area contributed by atoms with Crippen LogP contribution in [-0.2, 0) is 0 Å². The molecule has 0 aromatic heterocycles. The van der Waals surface area contributed by atoms with E-state index in [1.165, 1.54) is 6.42 Å². The summed E-state index contributed by atoms with van der Waals surface area (Å²) < 4.78 is 0. The van der Waals surface area contributed by atoms with Gasteiger partial charge in [-0.2, -0.15) is 0 Å². The molecule has 62 valence electrons. The van der Waals surface area contributed by atoms with Gasteiger partial charge < -0.3 is 5.11 Å². The molecule has 0 amide bonds. The molecule has 0 aliphatic heterocycles. The maximum absolute atomic E-state index is 9.37. The molecular weight excluding hydrogens is 136 g/mol. The molecule has 0 heterocycles. The zero-order valence-corrected chi connectivity index (χ0v) is 7.09. The van der Waals surface area contributed by atoms with Gasteiger partial charge in [0.05, 0.1) is 6.10 Å². The second kappa shape index (κ2) is 4.35. The number of rotatable bonds is 3. The van der Waals surface area contributed by atoms with E-state index in [-0.39, 0.29) is 6.10 Å². The van der Waals surface area contributed by atoms with Crippen LogP contribution in [0.5, 0.6) is 0 Å². The topological polar surface area (TPSA) is 20.2 Å². The van der Waals surface area contributed by atoms with Crippen molar-refractivity contribution in [3.05, 3.63) is 23.8 Å². The Bertz CT molecular complexity index is 168. The van der Waals surface area contributed by atoms with Gasteiger partial charge in [-0.25, -0.2) is 0 Å². The highest BCUT2D eigenvalue weighted by Crippen LogP contribution is 2.19. The van der Waals surface area contributed by atoms with Gasteiger partial charge in [-0.15, -0.1) is 0 Å². The van der Waals surface area contributed by atoms with Crippen molar-refractivity contribution in [2.75, 3.05) is 0 Å². The van der Waals surface area contributed by atoms with Crippen LogP contribution in [0.1, 0.15) is 32.6 Å². The van der Waals surface area contributed by atoms with Gasteiger partial charge in [0.25, 0.3) is 0 Å². The van der Waals surface area contributed by atoms with Crippen molar-refractivity contribution in [3.63, 3.8) is 0 Å². The number of unbranched alkanes of at least 4 members (excludes halogenated alkanes) is 1. The second-order valence-electron chi connectivity index (χ2n) is 2.99. The van der Waals surface area contributed by atoms with Crippen molar-refractivity contribution in [2.45, 2.75) is 38.7 Å². The highest BCUT2D eigenvalue weighted by atomic mass is 16.3. The minimum absolute atomic E-state index is 0.192. The molecule has 0 spiro atoms. The Morgan fingerprint density at radius 1 is 1.73 bits per heavy atom. The summed E-state index contributed by atoms with van der Waals surface area (Å²) in [6.45, 7) is 2.16.